The van der Waals surface area contributed by atoms with E-state index in [0.717, 1.165) is 6.07 Å². The van der Waals surface area contributed by atoms with Crippen LogP contribution in [0.15, 0.2) is 18.2 Å². The molecule has 0 aliphatic carbocycles. The molecule has 0 saturated carbocycles. The topological polar surface area (TPSA) is 57.5 Å². The summed E-state index contributed by atoms with van der Waals surface area (Å²) in [5.74, 6) is -1.41. The highest BCUT2D eigenvalue weighted by molar-refractivity contribution is 5.76. The molecule has 0 heterocycles. The van der Waals surface area contributed by atoms with E-state index in [4.69, 9.17) is 13.0 Å². The fourth-order valence-electron chi connectivity index (χ4n) is 0.510. The molecule has 1 aromatic carbocycles. The van der Waals surface area contributed by atoms with E-state index in [-0.39, 0.29) is 11.6 Å². The molecule has 52 valence electrons. The van der Waals surface area contributed by atoms with Gasteiger partial charge in [-0.15, -0.1) is 0 Å². The van der Waals surface area contributed by atoms with E-state index in [9.17, 15) is 4.79 Å². The maximum absolute atomic E-state index is 10.2. The van der Waals surface area contributed by atoms with Crippen molar-refractivity contribution in [3.05, 3.63) is 23.7 Å². The minimum Gasteiger partial charge on any atom is -0.504 e. The first-order valence-electron chi connectivity index (χ1n) is 3.55. The summed E-state index contributed by atoms with van der Waals surface area (Å²) in [5.41, 5.74) is -0.115. The van der Waals surface area contributed by atoms with Crippen LogP contribution in [0.3, 0.4) is 0 Å². The third kappa shape index (κ3) is 1.07. The van der Waals surface area contributed by atoms with Crippen LogP contribution in [0.5, 0.6) is 11.5 Å². The summed E-state index contributed by atoms with van der Waals surface area (Å²) in [6.07, 6.45) is 0.347. The highest BCUT2D eigenvalue weighted by atomic mass is 16.3. The Labute approximate surface area is 60.4 Å². The van der Waals surface area contributed by atoms with Gasteiger partial charge in [0.1, 0.15) is 6.29 Å². The zero-order valence-corrected chi connectivity index (χ0v) is 4.96. The summed E-state index contributed by atoms with van der Waals surface area (Å²) in [4.78, 5) is 10.2. The van der Waals surface area contributed by atoms with E-state index in [0.29, 0.717) is 6.29 Å². The lowest BCUT2D eigenvalue weighted by Gasteiger charge is -1.95. The van der Waals surface area contributed by atoms with Gasteiger partial charge in [0.25, 0.3) is 0 Å². The van der Waals surface area contributed by atoms with Crippen molar-refractivity contribution in [2.45, 2.75) is 0 Å². The molecule has 1 rings (SSSR count). The van der Waals surface area contributed by atoms with Gasteiger partial charge >= 0.3 is 0 Å². The Morgan fingerprint density at radius 3 is 2.80 bits per heavy atom. The Bertz CT molecular complexity index is 336. The Balaban J connectivity index is 3.49. The number of hydrogen-bond donors (Lipinski definition) is 2. The van der Waals surface area contributed by atoms with Gasteiger partial charge in [-0.1, -0.05) is 0 Å². The summed E-state index contributed by atoms with van der Waals surface area (Å²) < 4.78 is 14.2. The molecule has 3 nitrogen and oxygen atoms in total. The number of rotatable bonds is 1. The van der Waals surface area contributed by atoms with E-state index in [2.05, 4.69) is 0 Å². The quantitative estimate of drug-likeness (QED) is 0.450. The molecule has 0 spiro atoms. The average Bonchev–Trinajstić information content (AvgIpc) is 2.08. The van der Waals surface area contributed by atoms with Crippen molar-refractivity contribution < 1.29 is 17.7 Å². The fraction of sp³-hybridized carbons (Fsp3) is 0. The van der Waals surface area contributed by atoms with Crippen LogP contribution in [0.4, 0.5) is 0 Å². The minimum atomic E-state index is -0.732. The van der Waals surface area contributed by atoms with E-state index in [1.807, 2.05) is 0 Å². The van der Waals surface area contributed by atoms with Crippen LogP contribution in [0.2, 0.25) is 0 Å². The van der Waals surface area contributed by atoms with Gasteiger partial charge in [0, 0.05) is 5.56 Å². The molecule has 0 atom stereocenters. The molecule has 0 unspecified atom stereocenters. The first-order valence-corrected chi connectivity index (χ1v) is 2.55. The zero-order valence-electron chi connectivity index (χ0n) is 6.96. The number of phenolic OH excluding ortho intramolecular Hbond substituents is 2. The summed E-state index contributed by atoms with van der Waals surface area (Å²) in [5, 5.41) is 17.9. The van der Waals surface area contributed by atoms with Crippen LogP contribution in [0, 0.1) is 0 Å². The summed E-state index contributed by atoms with van der Waals surface area (Å²) >= 11 is 0. The maximum Gasteiger partial charge on any atom is 0.158 e. The van der Waals surface area contributed by atoms with Gasteiger partial charge in [-0.2, -0.15) is 0 Å². The third-order valence-electron chi connectivity index (χ3n) is 0.978. The van der Waals surface area contributed by atoms with Gasteiger partial charge in [-0.3, -0.25) is 4.79 Å². The lowest BCUT2D eigenvalue weighted by molar-refractivity contribution is 0.112. The predicted molar refractivity (Wildman–Crippen MR) is 35.2 cm³/mol. The summed E-state index contributed by atoms with van der Waals surface area (Å²) in [7, 11) is 0. The highest BCUT2D eigenvalue weighted by Gasteiger charge is 1.97. The number of aromatic hydroxyl groups is 2. The first kappa shape index (κ1) is 4.33. The molecule has 0 radical (unpaired) electrons. The van der Waals surface area contributed by atoms with Crippen molar-refractivity contribution in [3.8, 4) is 11.5 Å². The molecule has 3 heteroatoms. The van der Waals surface area contributed by atoms with Gasteiger partial charge in [-0.05, 0) is 18.2 Å². The van der Waals surface area contributed by atoms with E-state index in [1.54, 1.807) is 0 Å². The molecule has 0 fully saturated rings. The van der Waals surface area contributed by atoms with Gasteiger partial charge in [-0.25, -0.2) is 0 Å². The van der Waals surface area contributed by atoms with Crippen molar-refractivity contribution in [1.29, 1.82) is 0 Å². The second-order valence-corrected chi connectivity index (χ2v) is 1.68. The van der Waals surface area contributed by atoms with Crippen molar-refractivity contribution in [1.82, 2.24) is 0 Å². The number of carbonyl (C=O) groups excluding carboxylic acids is 1. The second-order valence-electron chi connectivity index (χ2n) is 1.68. The fourth-order valence-corrected chi connectivity index (χ4v) is 0.510. The average molecular weight is 140 g/mol. The monoisotopic (exact) mass is 140 g/mol. The van der Waals surface area contributed by atoms with Crippen LogP contribution in [0.25, 0.3) is 0 Å². The molecule has 0 amide bonds. The Morgan fingerprint density at radius 2 is 2.20 bits per heavy atom. The lowest BCUT2D eigenvalue weighted by atomic mass is 10.2. The van der Waals surface area contributed by atoms with Gasteiger partial charge in [0.2, 0.25) is 0 Å². The van der Waals surface area contributed by atoms with E-state index < -0.39 is 17.5 Å². The largest absolute Gasteiger partial charge is 0.504 e. The molecule has 0 aromatic heterocycles. The summed E-state index contributed by atoms with van der Waals surface area (Å²) in [6.45, 7) is 0. The Hall–Kier alpha value is -1.51. The number of aldehydes is 1. The van der Waals surface area contributed by atoms with Gasteiger partial charge < -0.3 is 10.2 Å². The van der Waals surface area contributed by atoms with Crippen LogP contribution in [0.1, 0.15) is 13.1 Å². The summed E-state index contributed by atoms with van der Waals surface area (Å²) in [6, 6.07) is 0.189. The van der Waals surface area contributed by atoms with Crippen LogP contribution >= 0.6 is 0 Å². The van der Waals surface area contributed by atoms with Gasteiger partial charge in [0.15, 0.2) is 11.5 Å². The SMILES string of the molecule is [2H]c1cc(C=O)c([2H])c(O)c1O. The number of carbonyl (C=O) groups is 1. The molecular weight excluding hydrogens is 132 g/mol. The molecule has 2 N–H and O–H groups in total. The van der Waals surface area contributed by atoms with Crippen molar-refractivity contribution in [2.75, 3.05) is 0 Å². The molecule has 0 aliphatic rings. The lowest BCUT2D eigenvalue weighted by Crippen LogP contribution is -1.77. The normalized spacial score (nSPS) is 12.0. The number of phenols is 2. The maximum atomic E-state index is 10.2. The van der Waals surface area contributed by atoms with E-state index >= 15 is 0 Å². The highest BCUT2D eigenvalue weighted by Crippen LogP contribution is 2.23. The van der Waals surface area contributed by atoms with Crippen molar-refractivity contribution >= 4 is 6.29 Å². The molecule has 10 heavy (non-hydrogen) atoms. The third-order valence-corrected chi connectivity index (χ3v) is 0.978. The molecule has 0 saturated heterocycles. The van der Waals surface area contributed by atoms with E-state index in [1.165, 1.54) is 0 Å². The standard InChI is InChI=1S/C7H6O3/c8-4-5-1-2-6(9)7(10)3-5/h1-4,9-10H/i2D,3D. The smallest absolute Gasteiger partial charge is 0.158 e. The van der Waals surface area contributed by atoms with Gasteiger partial charge in [0.05, 0.1) is 2.74 Å². The number of hydrogen-bond acceptors (Lipinski definition) is 3. The molecule has 0 aliphatic heterocycles. The van der Waals surface area contributed by atoms with Crippen molar-refractivity contribution in [2.24, 2.45) is 0 Å². The minimum absolute atomic E-state index is 0.115. The first-order chi connectivity index (χ1) is 5.57. The van der Waals surface area contributed by atoms with Crippen molar-refractivity contribution in [3.63, 3.8) is 0 Å². The molecular formula is C7H6O3. The Morgan fingerprint density at radius 1 is 1.50 bits per heavy atom. The van der Waals surface area contributed by atoms with Crippen LogP contribution in [-0.4, -0.2) is 16.5 Å². The molecule has 1 aromatic rings. The second kappa shape index (κ2) is 2.39. The van der Waals surface area contributed by atoms with Crippen LogP contribution in [-0.2, 0) is 0 Å². The predicted octanol–water partition coefficient (Wildman–Crippen LogP) is 0.910. The molecule has 0 bridgehead atoms. The van der Waals surface area contributed by atoms with Crippen LogP contribution < -0.4 is 0 Å². The Kier molecular flexibility index (Phi) is 1.03. The zero-order chi connectivity index (χ0) is 9.30. The number of benzene rings is 1.